The molecule has 0 fully saturated rings. The average molecular weight is 443 g/mol. The predicted molar refractivity (Wildman–Crippen MR) is 114 cm³/mol. The van der Waals surface area contributed by atoms with Crippen LogP contribution in [0.1, 0.15) is 27.3 Å². The van der Waals surface area contributed by atoms with Gasteiger partial charge in [0.15, 0.2) is 5.69 Å². The molecule has 0 atom stereocenters. The summed E-state index contributed by atoms with van der Waals surface area (Å²) in [5.74, 6) is 0.319. The van der Waals surface area contributed by atoms with E-state index in [1.807, 2.05) is 0 Å². The highest BCUT2D eigenvalue weighted by atomic mass is 19.4. The van der Waals surface area contributed by atoms with E-state index in [-0.39, 0.29) is 24.2 Å². The van der Waals surface area contributed by atoms with Gasteiger partial charge >= 0.3 is 6.18 Å². The molecule has 1 aromatic heterocycles. The van der Waals surface area contributed by atoms with Gasteiger partial charge in [-0.3, -0.25) is 9.79 Å². The number of rotatable bonds is 4. The van der Waals surface area contributed by atoms with Crippen molar-refractivity contribution in [2.24, 2.45) is 10.7 Å². The van der Waals surface area contributed by atoms with Crippen LogP contribution in [-0.4, -0.2) is 42.2 Å². The zero-order chi connectivity index (χ0) is 23.0. The second-order valence-corrected chi connectivity index (χ2v) is 7.15. The van der Waals surface area contributed by atoms with Gasteiger partial charge in [0.05, 0.1) is 12.8 Å². The number of hydrogen-bond acceptors (Lipinski definition) is 4. The van der Waals surface area contributed by atoms with Crippen LogP contribution in [-0.2, 0) is 12.6 Å². The highest BCUT2D eigenvalue weighted by Crippen LogP contribution is 2.37. The summed E-state index contributed by atoms with van der Waals surface area (Å²) >= 11 is 0. The first-order valence-corrected chi connectivity index (χ1v) is 9.72. The summed E-state index contributed by atoms with van der Waals surface area (Å²) < 4.78 is 47.2. The summed E-state index contributed by atoms with van der Waals surface area (Å²) in [4.78, 5) is 18.7. The third-order valence-corrected chi connectivity index (χ3v) is 5.32. The fraction of sp³-hybridized carbons (Fsp3) is 0.227. The minimum atomic E-state index is -4.68. The van der Waals surface area contributed by atoms with Gasteiger partial charge in [0.25, 0.3) is 5.91 Å². The Labute approximate surface area is 181 Å². The number of methoxy groups -OCH3 is 1. The van der Waals surface area contributed by atoms with Gasteiger partial charge in [0.2, 0.25) is 0 Å². The number of alkyl halides is 3. The van der Waals surface area contributed by atoms with Crippen molar-refractivity contribution in [3.63, 3.8) is 0 Å². The second-order valence-electron chi connectivity index (χ2n) is 7.15. The minimum absolute atomic E-state index is 0.0202. The van der Waals surface area contributed by atoms with Crippen LogP contribution in [0.4, 0.5) is 18.9 Å². The monoisotopic (exact) mass is 443 g/mol. The number of amidine groups is 1. The number of anilines is 1. The molecular formula is C22H20F3N5O2. The molecule has 7 nitrogen and oxygen atoms in total. The number of halogens is 3. The molecule has 0 spiro atoms. The van der Waals surface area contributed by atoms with E-state index < -0.39 is 17.8 Å². The maximum atomic E-state index is 13.7. The highest BCUT2D eigenvalue weighted by Gasteiger charge is 2.43. The normalized spacial score (nSPS) is 14.5. The fourth-order valence-corrected chi connectivity index (χ4v) is 3.69. The van der Waals surface area contributed by atoms with Gasteiger partial charge in [-0.05, 0) is 55.0 Å². The first-order chi connectivity index (χ1) is 15.2. The maximum absolute atomic E-state index is 13.7. The number of nitrogens with zero attached hydrogens (tertiary/aromatic N) is 4. The van der Waals surface area contributed by atoms with Crippen LogP contribution in [0.25, 0.3) is 5.69 Å². The fourth-order valence-electron chi connectivity index (χ4n) is 3.69. The number of aromatic nitrogens is 2. The van der Waals surface area contributed by atoms with Gasteiger partial charge in [-0.15, -0.1) is 0 Å². The molecule has 32 heavy (non-hydrogen) atoms. The Balaban J connectivity index is 1.79. The number of fused-ring (bicyclic) bond motifs is 1. The van der Waals surface area contributed by atoms with Crippen molar-refractivity contribution in [2.45, 2.75) is 12.6 Å². The lowest BCUT2D eigenvalue weighted by molar-refractivity contribution is -0.141. The first kappa shape index (κ1) is 21.4. The van der Waals surface area contributed by atoms with Crippen LogP contribution < -0.4 is 15.4 Å². The third kappa shape index (κ3) is 3.68. The van der Waals surface area contributed by atoms with Gasteiger partial charge in [-0.2, -0.15) is 18.3 Å². The lowest BCUT2D eigenvalue weighted by Crippen LogP contribution is -2.39. The molecule has 1 aliphatic rings. The average Bonchev–Trinajstić information content (AvgIpc) is 3.20. The number of benzene rings is 2. The summed E-state index contributed by atoms with van der Waals surface area (Å²) in [5.41, 5.74) is 6.11. The van der Waals surface area contributed by atoms with Crippen LogP contribution in [0.3, 0.4) is 0 Å². The summed E-state index contributed by atoms with van der Waals surface area (Å²) in [7, 11) is 3.05. The molecule has 10 heteroatoms. The Hall–Kier alpha value is -3.82. The third-order valence-electron chi connectivity index (χ3n) is 5.32. The number of aliphatic imine (C=N–C) groups is 1. The molecule has 2 aromatic carbocycles. The quantitative estimate of drug-likeness (QED) is 0.495. The Bertz CT molecular complexity index is 1180. The first-order valence-electron chi connectivity index (χ1n) is 9.72. The number of carbonyl (C=O) groups is 1. The Morgan fingerprint density at radius 3 is 2.28 bits per heavy atom. The molecule has 2 N–H and O–H groups in total. The number of carbonyl (C=O) groups excluding carboxylic acids is 1. The van der Waals surface area contributed by atoms with Gasteiger partial charge < -0.3 is 15.4 Å². The smallest absolute Gasteiger partial charge is 0.435 e. The Morgan fingerprint density at radius 1 is 1.09 bits per heavy atom. The number of nitrogens with two attached hydrogens (primary N) is 1. The van der Waals surface area contributed by atoms with E-state index in [0.717, 1.165) is 4.68 Å². The summed E-state index contributed by atoms with van der Waals surface area (Å²) in [6, 6.07) is 13.1. The van der Waals surface area contributed by atoms with Crippen molar-refractivity contribution in [2.75, 3.05) is 25.6 Å². The van der Waals surface area contributed by atoms with Crippen molar-refractivity contribution in [3.05, 3.63) is 71.0 Å². The van der Waals surface area contributed by atoms with E-state index >= 15 is 0 Å². The van der Waals surface area contributed by atoms with Crippen LogP contribution in [0.5, 0.6) is 5.75 Å². The van der Waals surface area contributed by atoms with E-state index in [9.17, 15) is 18.0 Å². The lowest BCUT2D eigenvalue weighted by atomic mass is 10.0. The van der Waals surface area contributed by atoms with Crippen LogP contribution in [0.15, 0.2) is 53.5 Å². The van der Waals surface area contributed by atoms with Crippen molar-refractivity contribution < 1.29 is 22.7 Å². The molecule has 2 heterocycles. The van der Waals surface area contributed by atoms with Crippen molar-refractivity contribution >= 4 is 17.4 Å². The van der Waals surface area contributed by atoms with Crippen LogP contribution in [0.2, 0.25) is 0 Å². The van der Waals surface area contributed by atoms with Crippen molar-refractivity contribution in [1.29, 1.82) is 0 Å². The summed E-state index contributed by atoms with van der Waals surface area (Å²) in [6.45, 7) is 0.0971. The molecule has 4 rings (SSSR count). The van der Waals surface area contributed by atoms with Gasteiger partial charge in [-0.1, -0.05) is 0 Å². The summed E-state index contributed by atoms with van der Waals surface area (Å²) in [5, 5.41) is 3.79. The topological polar surface area (TPSA) is 85.7 Å². The molecule has 166 valence electrons. The highest BCUT2D eigenvalue weighted by molar-refractivity contribution is 6.08. The second kappa shape index (κ2) is 8.03. The standard InChI is InChI=1S/C22H20F3N5O2/c1-27-20(26)13-3-5-14(6-4-13)29-12-11-17-18(21(29)31)30(28-19(17)22(23,24)25)15-7-9-16(32-2)10-8-15/h3-10H,11-12H2,1-2H3,(H2,26,27). The lowest BCUT2D eigenvalue weighted by Gasteiger charge is -2.28. The zero-order valence-corrected chi connectivity index (χ0v) is 17.3. The van der Waals surface area contributed by atoms with Gasteiger partial charge in [0.1, 0.15) is 17.3 Å². The molecule has 0 aliphatic carbocycles. The molecule has 1 amide bonds. The van der Waals surface area contributed by atoms with Crippen LogP contribution in [0, 0.1) is 0 Å². The predicted octanol–water partition coefficient (Wildman–Crippen LogP) is 3.44. The van der Waals surface area contributed by atoms with E-state index in [2.05, 4.69) is 10.1 Å². The molecule has 1 aliphatic heterocycles. The van der Waals surface area contributed by atoms with E-state index in [4.69, 9.17) is 10.5 Å². The van der Waals surface area contributed by atoms with E-state index in [1.54, 1.807) is 55.6 Å². The SMILES string of the molecule is CN=C(N)c1ccc(N2CCc3c(C(F)(F)F)nn(-c4ccc(OC)cc4)c3C2=O)cc1. The molecule has 0 saturated carbocycles. The maximum Gasteiger partial charge on any atom is 0.435 e. The number of ether oxygens (including phenoxy) is 1. The molecular weight excluding hydrogens is 423 g/mol. The molecule has 0 bridgehead atoms. The van der Waals surface area contributed by atoms with E-state index in [1.165, 1.54) is 12.0 Å². The van der Waals surface area contributed by atoms with Gasteiger partial charge in [-0.25, -0.2) is 4.68 Å². The largest absolute Gasteiger partial charge is 0.497 e. The Kier molecular flexibility index (Phi) is 5.37. The molecule has 0 unspecified atom stereocenters. The molecule has 0 radical (unpaired) electrons. The van der Waals surface area contributed by atoms with Crippen molar-refractivity contribution in [1.82, 2.24) is 9.78 Å². The number of amides is 1. The van der Waals surface area contributed by atoms with Crippen LogP contribution >= 0.6 is 0 Å². The number of hydrogen-bond donors (Lipinski definition) is 1. The van der Waals surface area contributed by atoms with Gasteiger partial charge in [0, 0.05) is 30.4 Å². The zero-order valence-electron chi connectivity index (χ0n) is 17.3. The van der Waals surface area contributed by atoms with Crippen molar-refractivity contribution in [3.8, 4) is 11.4 Å². The Morgan fingerprint density at radius 2 is 1.72 bits per heavy atom. The molecule has 0 saturated heterocycles. The van der Waals surface area contributed by atoms with E-state index in [0.29, 0.717) is 28.5 Å². The summed E-state index contributed by atoms with van der Waals surface area (Å²) in [6.07, 6.45) is -4.66. The molecule has 3 aromatic rings. The minimum Gasteiger partial charge on any atom is -0.497 e.